The van der Waals surface area contributed by atoms with Gasteiger partial charge in [0.1, 0.15) is 6.04 Å². The smallest absolute Gasteiger partial charge is 0.332 e. The Hall–Kier alpha value is -2.38. The Kier molecular flexibility index (Phi) is 4.42. The third-order valence-electron chi connectivity index (χ3n) is 4.71. The first-order chi connectivity index (χ1) is 12.5. The Labute approximate surface area is 159 Å². The number of halogens is 1. The van der Waals surface area contributed by atoms with Gasteiger partial charge in [-0.15, -0.1) is 11.3 Å². The van der Waals surface area contributed by atoms with E-state index in [-0.39, 0.29) is 23.9 Å². The highest BCUT2D eigenvalue weighted by molar-refractivity contribution is 7.12. The van der Waals surface area contributed by atoms with Gasteiger partial charge in [-0.3, -0.25) is 9.59 Å². The molecule has 0 saturated carbocycles. The zero-order chi connectivity index (χ0) is 18.3. The number of nitrogens with zero attached hydrogens (tertiary/aromatic N) is 2. The molecule has 134 valence electrons. The van der Waals surface area contributed by atoms with E-state index in [2.05, 4.69) is 5.32 Å². The van der Waals surface area contributed by atoms with Gasteiger partial charge in [0.2, 0.25) is 0 Å². The van der Waals surface area contributed by atoms with Crippen molar-refractivity contribution in [1.29, 1.82) is 0 Å². The van der Waals surface area contributed by atoms with Crippen LogP contribution < -0.4 is 10.2 Å². The summed E-state index contributed by atoms with van der Waals surface area (Å²) < 4.78 is 0. The minimum atomic E-state index is -0.541. The lowest BCUT2D eigenvalue weighted by molar-refractivity contribution is -0.120. The van der Waals surface area contributed by atoms with Crippen LogP contribution in [0.4, 0.5) is 10.5 Å². The van der Waals surface area contributed by atoms with E-state index in [0.29, 0.717) is 35.0 Å². The fourth-order valence-corrected chi connectivity index (χ4v) is 4.18. The summed E-state index contributed by atoms with van der Waals surface area (Å²) in [6.07, 6.45) is 1.05. The molecule has 0 radical (unpaired) electrons. The number of thiophene rings is 1. The van der Waals surface area contributed by atoms with Crippen LogP contribution in [0.5, 0.6) is 0 Å². The number of rotatable bonds is 3. The van der Waals surface area contributed by atoms with E-state index >= 15 is 0 Å². The van der Waals surface area contributed by atoms with Gasteiger partial charge in [0.15, 0.2) is 0 Å². The normalized spacial score (nSPS) is 22.5. The standard InChI is InChI=1S/C18H16ClN3O3S/c19-11-3-5-13(6-4-11)22-17(24)14-10-12(7-8-21(14)18(22)25)20-16(23)15-2-1-9-26-15/h1-6,9,12,14H,7-8,10H2,(H,20,23)/t12-,14+/m1/s1. The molecule has 4 rings (SSSR count). The average molecular weight is 390 g/mol. The summed E-state index contributed by atoms with van der Waals surface area (Å²) in [6, 6.07) is 9.22. The van der Waals surface area contributed by atoms with Gasteiger partial charge in [-0.1, -0.05) is 17.7 Å². The van der Waals surface area contributed by atoms with Crippen LogP contribution in [0.2, 0.25) is 5.02 Å². The van der Waals surface area contributed by atoms with Crippen LogP contribution in [-0.4, -0.2) is 41.4 Å². The molecule has 8 heteroatoms. The largest absolute Gasteiger partial charge is 0.348 e. The lowest BCUT2D eigenvalue weighted by Crippen LogP contribution is -2.49. The van der Waals surface area contributed by atoms with Crippen LogP contribution in [0, 0.1) is 0 Å². The maximum Gasteiger partial charge on any atom is 0.332 e. The molecule has 3 heterocycles. The zero-order valence-corrected chi connectivity index (χ0v) is 15.3. The number of amides is 4. The molecule has 0 aliphatic carbocycles. The van der Waals surface area contributed by atoms with Gasteiger partial charge in [-0.25, -0.2) is 9.69 Å². The molecule has 2 atom stereocenters. The summed E-state index contributed by atoms with van der Waals surface area (Å²) >= 11 is 7.26. The Bertz CT molecular complexity index is 853. The number of urea groups is 1. The highest BCUT2D eigenvalue weighted by Crippen LogP contribution is 2.31. The van der Waals surface area contributed by atoms with Crippen molar-refractivity contribution in [3.8, 4) is 0 Å². The molecule has 2 saturated heterocycles. The molecule has 0 bridgehead atoms. The van der Waals surface area contributed by atoms with E-state index in [0.717, 1.165) is 0 Å². The highest BCUT2D eigenvalue weighted by Gasteiger charge is 2.48. The summed E-state index contributed by atoms with van der Waals surface area (Å²) in [7, 11) is 0. The van der Waals surface area contributed by atoms with Gasteiger partial charge in [-0.05, 0) is 48.6 Å². The molecule has 26 heavy (non-hydrogen) atoms. The van der Waals surface area contributed by atoms with Gasteiger partial charge in [0.05, 0.1) is 10.6 Å². The third kappa shape index (κ3) is 2.97. The molecular formula is C18H16ClN3O3S. The molecule has 1 aromatic heterocycles. The van der Waals surface area contributed by atoms with Crippen molar-refractivity contribution < 1.29 is 14.4 Å². The number of imide groups is 1. The SMILES string of the molecule is O=C(N[C@@H]1CCN2C(=O)N(c3ccc(Cl)cc3)C(=O)[C@@H]2C1)c1cccs1. The van der Waals surface area contributed by atoms with E-state index < -0.39 is 6.04 Å². The van der Waals surface area contributed by atoms with Crippen LogP contribution >= 0.6 is 22.9 Å². The number of anilines is 1. The van der Waals surface area contributed by atoms with Gasteiger partial charge < -0.3 is 10.2 Å². The second-order valence-corrected chi connectivity index (χ2v) is 7.70. The predicted molar refractivity (Wildman–Crippen MR) is 99.6 cm³/mol. The number of hydrogen-bond donors (Lipinski definition) is 1. The molecule has 1 N–H and O–H groups in total. The second kappa shape index (κ2) is 6.74. The number of hydrogen-bond acceptors (Lipinski definition) is 4. The minimum absolute atomic E-state index is 0.132. The van der Waals surface area contributed by atoms with Gasteiger partial charge in [-0.2, -0.15) is 0 Å². The van der Waals surface area contributed by atoms with Gasteiger partial charge >= 0.3 is 6.03 Å². The van der Waals surface area contributed by atoms with Gasteiger partial charge in [0, 0.05) is 17.6 Å². The third-order valence-corrected chi connectivity index (χ3v) is 5.83. The number of nitrogens with one attached hydrogen (secondary N) is 1. The maximum absolute atomic E-state index is 12.8. The molecule has 0 unspecified atom stereocenters. The van der Waals surface area contributed by atoms with Crippen molar-refractivity contribution in [3.63, 3.8) is 0 Å². The Balaban J connectivity index is 1.49. The van der Waals surface area contributed by atoms with Crippen molar-refractivity contribution in [2.75, 3.05) is 11.4 Å². The fraction of sp³-hybridized carbons (Fsp3) is 0.278. The van der Waals surface area contributed by atoms with E-state index in [1.807, 2.05) is 11.4 Å². The fourth-order valence-electron chi connectivity index (χ4n) is 3.42. The highest BCUT2D eigenvalue weighted by atomic mass is 35.5. The lowest BCUT2D eigenvalue weighted by Gasteiger charge is -2.32. The monoisotopic (exact) mass is 389 g/mol. The van der Waals surface area contributed by atoms with E-state index in [1.165, 1.54) is 16.2 Å². The van der Waals surface area contributed by atoms with E-state index in [1.54, 1.807) is 35.2 Å². The van der Waals surface area contributed by atoms with Crippen molar-refractivity contribution in [1.82, 2.24) is 10.2 Å². The van der Waals surface area contributed by atoms with Crippen LogP contribution in [0.25, 0.3) is 0 Å². The average Bonchev–Trinajstić information content (AvgIpc) is 3.25. The van der Waals surface area contributed by atoms with E-state index in [9.17, 15) is 14.4 Å². The number of fused-ring (bicyclic) bond motifs is 1. The second-order valence-electron chi connectivity index (χ2n) is 6.31. The molecular weight excluding hydrogens is 374 g/mol. The van der Waals surface area contributed by atoms with E-state index in [4.69, 9.17) is 11.6 Å². The molecule has 2 aliphatic heterocycles. The Morgan fingerprint density at radius 2 is 1.96 bits per heavy atom. The summed E-state index contributed by atoms with van der Waals surface area (Å²) in [4.78, 5) is 41.1. The van der Waals surface area contributed by atoms with Crippen molar-refractivity contribution in [3.05, 3.63) is 51.7 Å². The zero-order valence-electron chi connectivity index (χ0n) is 13.7. The molecule has 0 spiro atoms. The number of carbonyl (C=O) groups excluding carboxylic acids is 3. The first kappa shape index (κ1) is 17.1. The molecule has 2 aliphatic rings. The summed E-state index contributed by atoms with van der Waals surface area (Å²) in [5, 5.41) is 5.37. The summed E-state index contributed by atoms with van der Waals surface area (Å²) in [5.41, 5.74) is 0.512. The molecule has 2 fully saturated rings. The molecule has 4 amide bonds. The molecule has 6 nitrogen and oxygen atoms in total. The minimum Gasteiger partial charge on any atom is -0.348 e. The summed E-state index contributed by atoms with van der Waals surface area (Å²) in [5.74, 6) is -0.392. The van der Waals surface area contributed by atoms with Crippen LogP contribution in [-0.2, 0) is 4.79 Å². The number of carbonyl (C=O) groups is 3. The quantitative estimate of drug-likeness (QED) is 0.820. The van der Waals surface area contributed by atoms with Crippen molar-refractivity contribution in [2.45, 2.75) is 24.9 Å². The van der Waals surface area contributed by atoms with Crippen LogP contribution in [0.3, 0.4) is 0 Å². The number of benzene rings is 1. The van der Waals surface area contributed by atoms with Crippen molar-refractivity contribution in [2.24, 2.45) is 0 Å². The lowest BCUT2D eigenvalue weighted by atomic mass is 9.98. The van der Waals surface area contributed by atoms with Crippen molar-refractivity contribution >= 4 is 46.5 Å². The molecule has 1 aromatic carbocycles. The first-order valence-electron chi connectivity index (χ1n) is 8.29. The first-order valence-corrected chi connectivity index (χ1v) is 9.55. The van der Waals surface area contributed by atoms with Crippen LogP contribution in [0.15, 0.2) is 41.8 Å². The molecule has 2 aromatic rings. The van der Waals surface area contributed by atoms with Crippen LogP contribution in [0.1, 0.15) is 22.5 Å². The summed E-state index contributed by atoms with van der Waals surface area (Å²) in [6.45, 7) is 0.439. The van der Waals surface area contributed by atoms with Gasteiger partial charge in [0.25, 0.3) is 11.8 Å². The predicted octanol–water partition coefficient (Wildman–Crippen LogP) is 3.13. The Morgan fingerprint density at radius 1 is 1.19 bits per heavy atom. The number of piperidine rings is 1. The maximum atomic E-state index is 12.8. The topological polar surface area (TPSA) is 69.7 Å². The Morgan fingerprint density at radius 3 is 2.65 bits per heavy atom.